The Morgan fingerprint density at radius 3 is 2.17 bits per heavy atom. The summed E-state index contributed by atoms with van der Waals surface area (Å²) >= 11 is 6.56. The first-order chi connectivity index (χ1) is 19.2. The molecule has 4 rings (SSSR count). The molecule has 0 aliphatic heterocycles. The fraction of sp³-hybridized carbons (Fsp3) is 0.429. The van der Waals surface area contributed by atoms with Gasteiger partial charge in [0.15, 0.2) is 0 Å². The molecule has 4 nitrogen and oxygen atoms in total. The minimum Gasteiger partial charge on any atom is -0.352 e. The SMILES string of the molecule is CC(C)(C)c1ccc(CCC(=O)N(Cc2ccccc2Cl)[C@@H](Cc2ccccc2)C(=O)NC2CCCCC2)cc1. The molecule has 5 heteroatoms. The third-order valence-electron chi connectivity index (χ3n) is 7.97. The van der Waals surface area contributed by atoms with Crippen LogP contribution in [-0.4, -0.2) is 28.8 Å². The number of amides is 2. The van der Waals surface area contributed by atoms with Gasteiger partial charge in [-0.15, -0.1) is 0 Å². The van der Waals surface area contributed by atoms with Crippen LogP contribution in [0.3, 0.4) is 0 Å². The summed E-state index contributed by atoms with van der Waals surface area (Å²) in [7, 11) is 0. The summed E-state index contributed by atoms with van der Waals surface area (Å²) in [6.45, 7) is 6.88. The molecule has 0 saturated heterocycles. The zero-order valence-electron chi connectivity index (χ0n) is 24.2. The summed E-state index contributed by atoms with van der Waals surface area (Å²) in [5, 5.41) is 3.90. The molecule has 1 fully saturated rings. The molecule has 40 heavy (non-hydrogen) atoms. The first-order valence-corrected chi connectivity index (χ1v) is 15.0. The Hall–Kier alpha value is -3.11. The Morgan fingerprint density at radius 1 is 0.875 bits per heavy atom. The van der Waals surface area contributed by atoms with E-state index in [4.69, 9.17) is 11.6 Å². The van der Waals surface area contributed by atoms with E-state index >= 15 is 0 Å². The minimum absolute atomic E-state index is 0.0421. The topological polar surface area (TPSA) is 49.4 Å². The summed E-state index contributed by atoms with van der Waals surface area (Å²) < 4.78 is 0. The van der Waals surface area contributed by atoms with Gasteiger partial charge in [-0.25, -0.2) is 0 Å². The van der Waals surface area contributed by atoms with Crippen LogP contribution in [0.5, 0.6) is 0 Å². The summed E-state index contributed by atoms with van der Waals surface area (Å²) in [4.78, 5) is 29.7. The monoisotopic (exact) mass is 558 g/mol. The maximum Gasteiger partial charge on any atom is 0.243 e. The normalized spacial score (nSPS) is 14.9. The van der Waals surface area contributed by atoms with Gasteiger partial charge in [-0.2, -0.15) is 0 Å². The number of halogens is 1. The van der Waals surface area contributed by atoms with Gasteiger partial charge in [-0.05, 0) is 53.0 Å². The van der Waals surface area contributed by atoms with Gasteiger partial charge in [0.2, 0.25) is 11.8 Å². The molecule has 0 aromatic heterocycles. The number of hydrogen-bond donors (Lipinski definition) is 1. The highest BCUT2D eigenvalue weighted by atomic mass is 35.5. The van der Waals surface area contributed by atoms with Crippen molar-refractivity contribution in [2.45, 2.75) is 96.2 Å². The maximum atomic E-state index is 14.0. The van der Waals surface area contributed by atoms with Gasteiger partial charge in [0.05, 0.1) is 0 Å². The smallest absolute Gasteiger partial charge is 0.243 e. The second-order valence-corrected chi connectivity index (χ2v) is 12.5. The van der Waals surface area contributed by atoms with Crippen molar-refractivity contribution in [2.24, 2.45) is 0 Å². The van der Waals surface area contributed by atoms with Crippen molar-refractivity contribution in [3.8, 4) is 0 Å². The second-order valence-electron chi connectivity index (χ2n) is 12.1. The van der Waals surface area contributed by atoms with E-state index in [-0.39, 0.29) is 29.8 Å². The average molecular weight is 559 g/mol. The number of carbonyl (C=O) groups excluding carboxylic acids is 2. The number of aryl methyl sites for hydroxylation is 1. The van der Waals surface area contributed by atoms with Crippen molar-refractivity contribution >= 4 is 23.4 Å². The third-order valence-corrected chi connectivity index (χ3v) is 8.34. The fourth-order valence-corrected chi connectivity index (χ4v) is 5.67. The van der Waals surface area contributed by atoms with Crippen LogP contribution in [0.15, 0.2) is 78.9 Å². The average Bonchev–Trinajstić information content (AvgIpc) is 2.95. The largest absolute Gasteiger partial charge is 0.352 e. The molecule has 3 aromatic carbocycles. The van der Waals surface area contributed by atoms with Crippen molar-refractivity contribution in [3.63, 3.8) is 0 Å². The molecule has 1 atom stereocenters. The van der Waals surface area contributed by atoms with Gasteiger partial charge in [-0.1, -0.05) is 124 Å². The van der Waals surface area contributed by atoms with Gasteiger partial charge in [-0.3, -0.25) is 9.59 Å². The molecular formula is C35H43ClN2O2. The molecule has 2 amide bonds. The summed E-state index contributed by atoms with van der Waals surface area (Å²) in [5.41, 5.74) is 4.34. The van der Waals surface area contributed by atoms with Crippen LogP contribution in [-0.2, 0) is 34.4 Å². The molecule has 3 aromatic rings. The lowest BCUT2D eigenvalue weighted by Gasteiger charge is -2.34. The lowest BCUT2D eigenvalue weighted by molar-refractivity contribution is -0.141. The highest BCUT2D eigenvalue weighted by Crippen LogP contribution is 2.25. The van der Waals surface area contributed by atoms with Gasteiger partial charge in [0.25, 0.3) is 0 Å². The van der Waals surface area contributed by atoms with Crippen LogP contribution in [0.2, 0.25) is 5.02 Å². The van der Waals surface area contributed by atoms with Gasteiger partial charge in [0, 0.05) is 30.5 Å². The van der Waals surface area contributed by atoms with Gasteiger partial charge >= 0.3 is 0 Å². The summed E-state index contributed by atoms with van der Waals surface area (Å²) in [5.74, 6) is -0.120. The van der Waals surface area contributed by atoms with Crippen LogP contribution in [0, 0.1) is 0 Å². The maximum absolute atomic E-state index is 14.0. The first-order valence-electron chi connectivity index (χ1n) is 14.7. The Kier molecular flexibility index (Phi) is 10.4. The highest BCUT2D eigenvalue weighted by Gasteiger charge is 2.32. The first kappa shape index (κ1) is 29.9. The Labute approximate surface area is 245 Å². The standard InChI is InChI=1S/C35H43ClN2O2/c1-35(2,3)29-21-18-26(19-22-29)20-23-33(39)38(25-28-14-10-11-17-31(28)36)32(24-27-12-6-4-7-13-27)34(40)37-30-15-8-5-9-16-30/h4,6-7,10-14,17-19,21-22,30,32H,5,8-9,15-16,20,23-25H2,1-3H3,(H,37,40)/t32-/m0/s1. The Balaban J connectivity index is 1.59. The molecule has 0 radical (unpaired) electrons. The van der Waals surface area contributed by atoms with E-state index in [2.05, 4.69) is 50.4 Å². The zero-order chi connectivity index (χ0) is 28.5. The molecule has 1 saturated carbocycles. The quantitative estimate of drug-likeness (QED) is 0.278. The number of hydrogen-bond acceptors (Lipinski definition) is 2. The van der Waals surface area contributed by atoms with E-state index in [0.717, 1.165) is 42.4 Å². The predicted octanol–water partition coefficient (Wildman–Crippen LogP) is 7.66. The highest BCUT2D eigenvalue weighted by molar-refractivity contribution is 6.31. The van der Waals surface area contributed by atoms with Crippen LogP contribution in [0.25, 0.3) is 0 Å². The second kappa shape index (κ2) is 14.0. The van der Waals surface area contributed by atoms with Crippen molar-refractivity contribution in [3.05, 3.63) is 106 Å². The van der Waals surface area contributed by atoms with E-state index < -0.39 is 6.04 Å². The van der Waals surface area contributed by atoms with Gasteiger partial charge in [0.1, 0.15) is 6.04 Å². The van der Waals surface area contributed by atoms with Crippen molar-refractivity contribution in [2.75, 3.05) is 0 Å². The molecule has 0 heterocycles. The lowest BCUT2D eigenvalue weighted by Crippen LogP contribution is -2.53. The summed E-state index contributed by atoms with van der Waals surface area (Å²) in [6, 6.07) is 25.6. The van der Waals surface area contributed by atoms with Gasteiger partial charge < -0.3 is 10.2 Å². The van der Waals surface area contributed by atoms with E-state index in [9.17, 15) is 9.59 Å². The number of nitrogens with one attached hydrogen (secondary N) is 1. The number of carbonyl (C=O) groups is 2. The summed E-state index contributed by atoms with van der Waals surface area (Å²) in [6.07, 6.45) is 6.85. The lowest BCUT2D eigenvalue weighted by atomic mass is 9.86. The van der Waals surface area contributed by atoms with Crippen LogP contribution in [0.1, 0.15) is 81.5 Å². The van der Waals surface area contributed by atoms with Crippen LogP contribution >= 0.6 is 11.6 Å². The third kappa shape index (κ3) is 8.44. The van der Waals surface area contributed by atoms with Crippen molar-refractivity contribution in [1.29, 1.82) is 0 Å². The molecule has 1 aliphatic carbocycles. The molecule has 0 spiro atoms. The molecule has 0 bridgehead atoms. The van der Waals surface area contributed by atoms with Crippen LogP contribution < -0.4 is 5.32 Å². The number of rotatable bonds is 10. The van der Waals surface area contributed by atoms with E-state index in [1.807, 2.05) is 54.6 Å². The van der Waals surface area contributed by atoms with E-state index in [1.165, 1.54) is 12.0 Å². The molecule has 1 N–H and O–H groups in total. The van der Waals surface area contributed by atoms with Crippen molar-refractivity contribution in [1.82, 2.24) is 10.2 Å². The molecule has 0 unspecified atom stereocenters. The molecule has 1 aliphatic rings. The Morgan fingerprint density at radius 2 is 1.52 bits per heavy atom. The van der Waals surface area contributed by atoms with E-state index in [0.29, 0.717) is 24.3 Å². The van der Waals surface area contributed by atoms with Crippen LogP contribution in [0.4, 0.5) is 0 Å². The molecular weight excluding hydrogens is 516 g/mol. The van der Waals surface area contributed by atoms with Crippen molar-refractivity contribution < 1.29 is 9.59 Å². The predicted molar refractivity (Wildman–Crippen MR) is 164 cm³/mol. The number of nitrogens with zero attached hydrogens (tertiary/aromatic N) is 1. The number of benzene rings is 3. The zero-order valence-corrected chi connectivity index (χ0v) is 24.9. The fourth-order valence-electron chi connectivity index (χ4n) is 5.47. The molecule has 212 valence electrons. The minimum atomic E-state index is -0.628. The van der Waals surface area contributed by atoms with E-state index in [1.54, 1.807) is 4.90 Å². The Bertz CT molecular complexity index is 1240.